The largest absolute Gasteiger partial charge is 0.431 e. The molecule has 1 unspecified atom stereocenters. The normalized spacial score (nSPS) is 11.9. The van der Waals surface area contributed by atoms with Crippen molar-refractivity contribution in [2.45, 2.75) is 11.3 Å². The number of aromatic nitrogens is 2. The van der Waals surface area contributed by atoms with Crippen LogP contribution in [0.25, 0.3) is 11.3 Å². The van der Waals surface area contributed by atoms with Crippen molar-refractivity contribution in [2.75, 3.05) is 5.75 Å². The van der Waals surface area contributed by atoms with Crippen molar-refractivity contribution in [3.63, 3.8) is 0 Å². The van der Waals surface area contributed by atoms with Crippen LogP contribution in [-0.4, -0.2) is 21.6 Å². The third kappa shape index (κ3) is 4.90. The van der Waals surface area contributed by atoms with E-state index < -0.39 is 0 Å². The number of carbonyl (C=O) groups is 1. The minimum absolute atomic E-state index is 0.151. The van der Waals surface area contributed by atoms with Crippen molar-refractivity contribution in [3.05, 3.63) is 88.8 Å². The van der Waals surface area contributed by atoms with Gasteiger partial charge in [0, 0.05) is 17.1 Å². The lowest BCUT2D eigenvalue weighted by atomic mass is 10.1. The molecule has 1 N–H and O–H groups in total. The van der Waals surface area contributed by atoms with E-state index in [1.54, 1.807) is 24.5 Å². The summed E-state index contributed by atoms with van der Waals surface area (Å²) in [4.78, 5) is 21.1. The van der Waals surface area contributed by atoms with Crippen LogP contribution in [0.2, 0.25) is 0 Å². The summed E-state index contributed by atoms with van der Waals surface area (Å²) in [5.74, 6) is 0.212. The highest BCUT2D eigenvalue weighted by atomic mass is 32.2. The molecule has 0 aliphatic carbocycles. The Hall–Kier alpha value is -2.97. The fourth-order valence-electron chi connectivity index (χ4n) is 2.71. The lowest BCUT2D eigenvalue weighted by Gasteiger charge is -2.16. The Morgan fingerprint density at radius 2 is 1.93 bits per heavy atom. The van der Waals surface area contributed by atoms with Crippen LogP contribution in [0.15, 0.2) is 82.0 Å². The molecule has 0 saturated carbocycles. The van der Waals surface area contributed by atoms with Gasteiger partial charge in [0.15, 0.2) is 5.76 Å². The Balaban J connectivity index is 1.40. The summed E-state index contributed by atoms with van der Waals surface area (Å²) in [6, 6.07) is 15.4. The van der Waals surface area contributed by atoms with Gasteiger partial charge in [-0.3, -0.25) is 4.79 Å². The third-order valence-corrected chi connectivity index (χ3v) is 5.76. The molecule has 0 fully saturated rings. The number of oxazole rings is 1. The highest BCUT2D eigenvalue weighted by Crippen LogP contribution is 2.27. The summed E-state index contributed by atoms with van der Waals surface area (Å²) in [6.45, 7) is 0. The second-order valence-electron chi connectivity index (χ2n) is 6.07. The van der Waals surface area contributed by atoms with Gasteiger partial charge >= 0.3 is 0 Å². The number of hydrogen-bond donors (Lipinski definition) is 1. The van der Waals surface area contributed by atoms with Crippen molar-refractivity contribution in [1.29, 1.82) is 0 Å². The lowest BCUT2D eigenvalue weighted by Crippen LogP contribution is -2.30. The monoisotopic (exact) mass is 425 g/mol. The molecular formula is C21H16FN3O2S2. The number of benzene rings is 2. The number of rotatable bonds is 7. The van der Waals surface area contributed by atoms with E-state index in [-0.39, 0.29) is 23.5 Å². The molecular weight excluding hydrogens is 409 g/mol. The zero-order chi connectivity index (χ0) is 20.1. The van der Waals surface area contributed by atoms with E-state index in [1.807, 2.05) is 35.7 Å². The van der Waals surface area contributed by atoms with Crippen LogP contribution in [0.4, 0.5) is 4.39 Å². The van der Waals surface area contributed by atoms with Gasteiger partial charge in [0.25, 0.3) is 5.22 Å². The minimum Gasteiger partial charge on any atom is -0.431 e. The van der Waals surface area contributed by atoms with Crippen LogP contribution in [0.5, 0.6) is 0 Å². The van der Waals surface area contributed by atoms with Gasteiger partial charge in [-0.2, -0.15) is 0 Å². The first-order chi connectivity index (χ1) is 14.2. The van der Waals surface area contributed by atoms with E-state index in [9.17, 15) is 9.18 Å². The van der Waals surface area contributed by atoms with Crippen molar-refractivity contribution in [2.24, 2.45) is 0 Å². The zero-order valence-corrected chi connectivity index (χ0v) is 16.8. The highest BCUT2D eigenvalue weighted by molar-refractivity contribution is 7.99. The molecule has 4 rings (SSSR count). The zero-order valence-electron chi connectivity index (χ0n) is 15.1. The van der Waals surface area contributed by atoms with Crippen LogP contribution >= 0.6 is 23.1 Å². The van der Waals surface area contributed by atoms with Crippen molar-refractivity contribution >= 4 is 29.0 Å². The maximum absolute atomic E-state index is 13.0. The van der Waals surface area contributed by atoms with Crippen molar-refractivity contribution in [1.82, 2.24) is 15.3 Å². The van der Waals surface area contributed by atoms with Crippen LogP contribution in [0.3, 0.4) is 0 Å². The summed E-state index contributed by atoms with van der Waals surface area (Å²) in [5, 5.41) is 6.12. The van der Waals surface area contributed by atoms with Gasteiger partial charge in [0.05, 0.1) is 11.9 Å². The summed E-state index contributed by atoms with van der Waals surface area (Å²) in [6.07, 6.45) is 3.29. The van der Waals surface area contributed by atoms with Gasteiger partial charge in [0.1, 0.15) is 16.9 Å². The van der Waals surface area contributed by atoms with Crippen LogP contribution in [0.1, 0.15) is 16.6 Å². The molecule has 0 aliphatic heterocycles. The number of nitrogens with zero attached hydrogens (tertiary/aromatic N) is 2. The summed E-state index contributed by atoms with van der Waals surface area (Å²) < 4.78 is 18.7. The Bertz CT molecular complexity index is 1070. The smallest absolute Gasteiger partial charge is 0.256 e. The maximum atomic E-state index is 13.0. The number of thiazole rings is 1. The van der Waals surface area contributed by atoms with Gasteiger partial charge in [-0.05, 0) is 29.8 Å². The Morgan fingerprint density at radius 3 is 2.66 bits per heavy atom. The molecule has 1 atom stereocenters. The Labute approximate surface area is 175 Å². The fraction of sp³-hybridized carbons (Fsp3) is 0.0952. The molecule has 0 saturated heterocycles. The van der Waals surface area contributed by atoms with Gasteiger partial charge in [0.2, 0.25) is 5.91 Å². The number of nitrogens with one attached hydrogen (secondary N) is 1. The Morgan fingerprint density at radius 1 is 1.14 bits per heavy atom. The standard InChI is InChI=1S/C21H16FN3O2S2/c22-16-8-6-14(7-9-16)17-12-24-21(27-17)29-13-18(26)25-19(20-23-10-11-28-20)15-4-2-1-3-5-15/h1-12,19H,13H2,(H,25,26). The first-order valence-electron chi connectivity index (χ1n) is 8.77. The van der Waals surface area contributed by atoms with Crippen LogP contribution in [0, 0.1) is 5.82 Å². The first-order valence-corrected chi connectivity index (χ1v) is 10.6. The molecule has 5 nitrogen and oxygen atoms in total. The van der Waals surface area contributed by atoms with Crippen molar-refractivity contribution < 1.29 is 13.6 Å². The second-order valence-corrected chi connectivity index (χ2v) is 7.92. The topological polar surface area (TPSA) is 68.0 Å². The molecule has 2 aromatic carbocycles. The third-order valence-electron chi connectivity index (χ3n) is 4.08. The SMILES string of the molecule is O=C(CSc1ncc(-c2ccc(F)cc2)o1)NC(c1ccccc1)c1nccs1. The molecule has 0 radical (unpaired) electrons. The van der Waals surface area contributed by atoms with Crippen molar-refractivity contribution in [3.8, 4) is 11.3 Å². The van der Waals surface area contributed by atoms with Crippen LogP contribution in [-0.2, 0) is 4.79 Å². The molecule has 1 amide bonds. The van der Waals surface area contributed by atoms with E-state index in [1.165, 1.54) is 35.2 Å². The molecule has 0 aliphatic rings. The van der Waals surface area contributed by atoms with Gasteiger partial charge in [-0.15, -0.1) is 11.3 Å². The fourth-order valence-corrected chi connectivity index (χ4v) is 4.04. The van der Waals surface area contributed by atoms with E-state index in [2.05, 4.69) is 15.3 Å². The molecule has 8 heteroatoms. The van der Waals surface area contributed by atoms with E-state index in [0.29, 0.717) is 11.0 Å². The summed E-state index contributed by atoms with van der Waals surface area (Å²) in [7, 11) is 0. The average Bonchev–Trinajstić information content (AvgIpc) is 3.44. The summed E-state index contributed by atoms with van der Waals surface area (Å²) >= 11 is 2.69. The predicted molar refractivity (Wildman–Crippen MR) is 111 cm³/mol. The molecule has 0 spiro atoms. The molecule has 146 valence electrons. The number of hydrogen-bond acceptors (Lipinski definition) is 6. The number of thioether (sulfide) groups is 1. The number of carbonyl (C=O) groups excluding carboxylic acids is 1. The molecule has 4 aromatic rings. The predicted octanol–water partition coefficient (Wildman–Crippen LogP) is 4.94. The van der Waals surface area contributed by atoms with E-state index in [0.717, 1.165) is 16.1 Å². The maximum Gasteiger partial charge on any atom is 0.256 e. The second kappa shape index (κ2) is 9.02. The first kappa shape index (κ1) is 19.4. The highest BCUT2D eigenvalue weighted by Gasteiger charge is 2.19. The number of halogens is 1. The minimum atomic E-state index is -0.312. The lowest BCUT2D eigenvalue weighted by molar-refractivity contribution is -0.119. The Kier molecular flexibility index (Phi) is 6.02. The molecule has 0 bridgehead atoms. The molecule has 29 heavy (non-hydrogen) atoms. The van der Waals surface area contributed by atoms with Gasteiger partial charge in [-0.25, -0.2) is 14.4 Å². The summed E-state index contributed by atoms with van der Waals surface area (Å²) in [5.41, 5.74) is 1.69. The average molecular weight is 426 g/mol. The molecule has 2 heterocycles. The molecule has 2 aromatic heterocycles. The van der Waals surface area contributed by atoms with E-state index in [4.69, 9.17) is 4.42 Å². The van der Waals surface area contributed by atoms with Gasteiger partial charge < -0.3 is 9.73 Å². The number of amides is 1. The quantitative estimate of drug-likeness (QED) is 0.425. The van der Waals surface area contributed by atoms with Gasteiger partial charge in [-0.1, -0.05) is 42.1 Å². The van der Waals surface area contributed by atoms with Crippen LogP contribution < -0.4 is 5.32 Å². The van der Waals surface area contributed by atoms with E-state index >= 15 is 0 Å².